The van der Waals surface area contributed by atoms with E-state index in [1.54, 1.807) is 42.7 Å². The molecule has 0 fully saturated rings. The fourth-order valence-electron chi connectivity index (χ4n) is 2.01. The van der Waals surface area contributed by atoms with E-state index in [9.17, 15) is 4.79 Å². The smallest absolute Gasteiger partial charge is 0.349 e. The van der Waals surface area contributed by atoms with Crippen LogP contribution in [0.2, 0.25) is 5.02 Å². The van der Waals surface area contributed by atoms with Gasteiger partial charge in [-0.1, -0.05) is 11.6 Å². The van der Waals surface area contributed by atoms with E-state index >= 15 is 0 Å². The highest BCUT2D eigenvalue weighted by molar-refractivity contribution is 6.30. The van der Waals surface area contributed by atoms with Crippen LogP contribution in [0.15, 0.2) is 48.8 Å². The monoisotopic (exact) mass is 316 g/mol. The molecule has 0 bridgehead atoms. The van der Waals surface area contributed by atoms with Gasteiger partial charge in [-0.2, -0.15) is 0 Å². The minimum Gasteiger partial charge on any atom is -0.482 e. The number of rotatable bonds is 4. The molecule has 0 amide bonds. The van der Waals surface area contributed by atoms with Gasteiger partial charge in [-0.05, 0) is 36.4 Å². The molecule has 0 aliphatic heterocycles. The zero-order valence-electron chi connectivity index (χ0n) is 11.8. The number of halogens is 1. The molecule has 0 spiro atoms. The summed E-state index contributed by atoms with van der Waals surface area (Å²) in [5.41, 5.74) is 1.74. The highest BCUT2D eigenvalue weighted by Gasteiger charge is 2.08. The zero-order valence-corrected chi connectivity index (χ0v) is 12.6. The molecule has 1 aromatic heterocycles. The summed E-state index contributed by atoms with van der Waals surface area (Å²) >= 11 is 5.78. The van der Waals surface area contributed by atoms with E-state index in [-0.39, 0.29) is 6.61 Å². The quantitative estimate of drug-likeness (QED) is 0.548. The Balaban J connectivity index is 1.61. The number of hydrogen-bond acceptors (Lipinski definition) is 4. The summed E-state index contributed by atoms with van der Waals surface area (Å²) in [5, 5.41) is 0.610. The zero-order chi connectivity index (χ0) is 15.5. The maximum atomic E-state index is 11.8. The largest absolute Gasteiger partial charge is 0.482 e. The molecule has 22 heavy (non-hydrogen) atoms. The predicted octanol–water partition coefficient (Wildman–Crippen LogP) is 3.21. The van der Waals surface area contributed by atoms with Gasteiger partial charge in [-0.25, -0.2) is 9.78 Å². The van der Waals surface area contributed by atoms with E-state index in [1.807, 2.05) is 17.7 Å². The van der Waals surface area contributed by atoms with Crippen molar-refractivity contribution in [3.8, 4) is 11.5 Å². The highest BCUT2D eigenvalue weighted by atomic mass is 35.5. The second-order valence-corrected chi connectivity index (χ2v) is 5.16. The van der Waals surface area contributed by atoms with Crippen molar-refractivity contribution in [2.45, 2.75) is 0 Å². The average Bonchev–Trinajstić information content (AvgIpc) is 2.88. The van der Waals surface area contributed by atoms with Gasteiger partial charge >= 0.3 is 5.97 Å². The molecule has 0 aliphatic rings. The van der Waals surface area contributed by atoms with Crippen LogP contribution in [-0.2, 0) is 11.8 Å². The van der Waals surface area contributed by atoms with Gasteiger partial charge < -0.3 is 14.0 Å². The van der Waals surface area contributed by atoms with Crippen molar-refractivity contribution in [3.05, 3.63) is 53.8 Å². The second kappa shape index (κ2) is 6.07. The first-order valence-electron chi connectivity index (χ1n) is 6.62. The van der Waals surface area contributed by atoms with Gasteiger partial charge in [0, 0.05) is 18.1 Å². The van der Waals surface area contributed by atoms with E-state index in [4.69, 9.17) is 21.1 Å². The van der Waals surface area contributed by atoms with Crippen LogP contribution in [-0.4, -0.2) is 22.1 Å². The molecular formula is C16H13ClN2O3. The number of imidazole rings is 1. The van der Waals surface area contributed by atoms with Crippen LogP contribution in [0.3, 0.4) is 0 Å². The van der Waals surface area contributed by atoms with Crippen LogP contribution < -0.4 is 9.47 Å². The Hall–Kier alpha value is -2.53. The Morgan fingerprint density at radius 1 is 1.18 bits per heavy atom. The standard InChI is InChI=1S/C16H13ClN2O3/c1-19-10-18-14-8-13(6-7-15(14)19)22-16(20)9-21-12-4-2-11(17)3-5-12/h2-8,10H,9H2,1H3. The maximum Gasteiger partial charge on any atom is 0.349 e. The van der Waals surface area contributed by atoms with Crippen molar-refractivity contribution >= 4 is 28.6 Å². The molecule has 3 rings (SSSR count). The topological polar surface area (TPSA) is 53.4 Å². The van der Waals surface area contributed by atoms with Gasteiger partial charge in [0.15, 0.2) is 6.61 Å². The number of esters is 1. The lowest BCUT2D eigenvalue weighted by molar-refractivity contribution is -0.136. The lowest BCUT2D eigenvalue weighted by Crippen LogP contribution is -2.17. The Kier molecular flexibility index (Phi) is 3.98. The summed E-state index contributed by atoms with van der Waals surface area (Å²) in [6.45, 7) is -0.179. The molecule has 0 radical (unpaired) electrons. The first kappa shape index (κ1) is 14.4. The second-order valence-electron chi connectivity index (χ2n) is 4.72. The van der Waals surface area contributed by atoms with Gasteiger partial charge in [-0.3, -0.25) is 0 Å². The van der Waals surface area contributed by atoms with Crippen molar-refractivity contribution in [2.75, 3.05) is 6.61 Å². The number of carbonyl (C=O) groups excluding carboxylic acids is 1. The van der Waals surface area contributed by atoms with Crippen LogP contribution in [0.4, 0.5) is 0 Å². The van der Waals surface area contributed by atoms with Crippen LogP contribution in [0, 0.1) is 0 Å². The minimum absolute atomic E-state index is 0.179. The van der Waals surface area contributed by atoms with E-state index in [2.05, 4.69) is 4.98 Å². The number of carbonyl (C=O) groups is 1. The van der Waals surface area contributed by atoms with E-state index in [0.717, 1.165) is 11.0 Å². The third kappa shape index (κ3) is 3.20. The third-order valence-electron chi connectivity index (χ3n) is 3.10. The molecule has 6 heteroatoms. The molecule has 112 valence electrons. The Bertz CT molecular complexity index is 812. The summed E-state index contributed by atoms with van der Waals surface area (Å²) in [5.74, 6) is 0.516. The lowest BCUT2D eigenvalue weighted by Gasteiger charge is -2.07. The molecular weight excluding hydrogens is 304 g/mol. The summed E-state index contributed by atoms with van der Waals surface area (Å²) in [6, 6.07) is 12.1. The van der Waals surface area contributed by atoms with Crippen molar-refractivity contribution in [1.29, 1.82) is 0 Å². The lowest BCUT2D eigenvalue weighted by atomic mass is 10.3. The van der Waals surface area contributed by atoms with Gasteiger partial charge in [0.25, 0.3) is 0 Å². The van der Waals surface area contributed by atoms with Crippen molar-refractivity contribution < 1.29 is 14.3 Å². The number of hydrogen-bond donors (Lipinski definition) is 0. The molecule has 0 unspecified atom stereocenters. The Morgan fingerprint density at radius 2 is 1.91 bits per heavy atom. The Morgan fingerprint density at radius 3 is 2.68 bits per heavy atom. The average molecular weight is 317 g/mol. The number of aromatic nitrogens is 2. The van der Waals surface area contributed by atoms with Crippen molar-refractivity contribution in [1.82, 2.24) is 9.55 Å². The minimum atomic E-state index is -0.481. The van der Waals surface area contributed by atoms with Crippen LogP contribution >= 0.6 is 11.6 Å². The summed E-state index contributed by atoms with van der Waals surface area (Å²) < 4.78 is 12.5. The molecule has 5 nitrogen and oxygen atoms in total. The molecule has 2 aromatic carbocycles. The van der Waals surface area contributed by atoms with Gasteiger partial charge in [0.05, 0.1) is 17.4 Å². The summed E-state index contributed by atoms with van der Waals surface area (Å²) in [6.07, 6.45) is 1.71. The van der Waals surface area contributed by atoms with Crippen molar-refractivity contribution in [2.24, 2.45) is 7.05 Å². The van der Waals surface area contributed by atoms with Crippen LogP contribution in [0.25, 0.3) is 11.0 Å². The molecule has 0 atom stereocenters. The number of ether oxygens (including phenoxy) is 2. The predicted molar refractivity (Wildman–Crippen MR) is 83.3 cm³/mol. The van der Waals surface area contributed by atoms with Crippen LogP contribution in [0.1, 0.15) is 0 Å². The Labute approximate surface area is 132 Å². The highest BCUT2D eigenvalue weighted by Crippen LogP contribution is 2.20. The molecule has 1 heterocycles. The van der Waals surface area contributed by atoms with E-state index < -0.39 is 5.97 Å². The SMILES string of the molecule is Cn1cnc2cc(OC(=O)COc3ccc(Cl)cc3)ccc21. The molecule has 0 saturated carbocycles. The normalized spacial score (nSPS) is 10.6. The van der Waals surface area contributed by atoms with Crippen molar-refractivity contribution in [3.63, 3.8) is 0 Å². The number of nitrogens with zero attached hydrogens (tertiary/aromatic N) is 2. The fourth-order valence-corrected chi connectivity index (χ4v) is 2.14. The van der Waals surface area contributed by atoms with Gasteiger partial charge in [0.1, 0.15) is 11.5 Å². The first-order chi connectivity index (χ1) is 10.6. The van der Waals surface area contributed by atoms with E-state index in [1.165, 1.54) is 0 Å². The molecule has 0 saturated heterocycles. The molecule has 3 aromatic rings. The van der Waals surface area contributed by atoms with Crippen LogP contribution in [0.5, 0.6) is 11.5 Å². The molecule has 0 aliphatic carbocycles. The maximum absolute atomic E-state index is 11.8. The van der Waals surface area contributed by atoms with E-state index in [0.29, 0.717) is 16.5 Å². The number of fused-ring (bicyclic) bond motifs is 1. The first-order valence-corrected chi connectivity index (χ1v) is 7.00. The fraction of sp³-hybridized carbons (Fsp3) is 0.125. The third-order valence-corrected chi connectivity index (χ3v) is 3.35. The summed E-state index contributed by atoms with van der Waals surface area (Å²) in [4.78, 5) is 16.0. The molecule has 0 N–H and O–H groups in total. The van der Waals surface area contributed by atoms with Gasteiger partial charge in [0.2, 0.25) is 0 Å². The number of benzene rings is 2. The summed E-state index contributed by atoms with van der Waals surface area (Å²) in [7, 11) is 1.90. The number of aryl methyl sites for hydroxylation is 1. The van der Waals surface area contributed by atoms with Gasteiger partial charge in [-0.15, -0.1) is 0 Å².